The van der Waals surface area contributed by atoms with Crippen molar-refractivity contribution in [3.05, 3.63) is 71.3 Å². The molecule has 1 atom stereocenters. The summed E-state index contributed by atoms with van der Waals surface area (Å²) in [6.07, 6.45) is -0.188. The summed E-state index contributed by atoms with van der Waals surface area (Å²) in [6, 6.07) is 16.9. The Labute approximate surface area is 136 Å². The van der Waals surface area contributed by atoms with Crippen molar-refractivity contribution in [2.75, 3.05) is 13.7 Å². The molecule has 0 saturated heterocycles. The first kappa shape index (κ1) is 17.0. The van der Waals surface area contributed by atoms with Crippen molar-refractivity contribution in [2.24, 2.45) is 0 Å². The van der Waals surface area contributed by atoms with Crippen molar-refractivity contribution in [3.8, 4) is 0 Å². The molecule has 2 rings (SSSR count). The molecule has 0 bridgehead atoms. The van der Waals surface area contributed by atoms with Crippen LogP contribution in [-0.2, 0) is 17.9 Å². The van der Waals surface area contributed by atoms with Gasteiger partial charge in [0.1, 0.15) is 0 Å². The summed E-state index contributed by atoms with van der Waals surface area (Å²) in [6.45, 7) is 0.707. The van der Waals surface area contributed by atoms with E-state index in [1.54, 1.807) is 7.11 Å². The first-order chi connectivity index (χ1) is 11.2. The van der Waals surface area contributed by atoms with E-state index in [9.17, 15) is 9.90 Å². The fraction of sp³-hybridized carbons (Fsp3) is 0.278. The summed E-state index contributed by atoms with van der Waals surface area (Å²) >= 11 is 0. The third-order valence-electron chi connectivity index (χ3n) is 3.63. The lowest BCUT2D eigenvalue weighted by Gasteiger charge is -2.17. The Hall–Kier alpha value is -2.37. The zero-order chi connectivity index (χ0) is 16.5. The average Bonchev–Trinajstić information content (AvgIpc) is 2.61. The molecule has 122 valence electrons. The van der Waals surface area contributed by atoms with Gasteiger partial charge in [0, 0.05) is 20.2 Å². The van der Waals surface area contributed by atoms with E-state index in [2.05, 4.69) is 10.6 Å². The van der Waals surface area contributed by atoms with E-state index >= 15 is 0 Å². The van der Waals surface area contributed by atoms with Crippen molar-refractivity contribution in [1.29, 1.82) is 0 Å². The lowest BCUT2D eigenvalue weighted by molar-refractivity contribution is 0.104. The predicted octanol–water partition coefficient (Wildman–Crippen LogP) is 2.37. The number of aliphatic hydroxyl groups is 1. The summed E-state index contributed by atoms with van der Waals surface area (Å²) in [7, 11) is 1.62. The fourth-order valence-electron chi connectivity index (χ4n) is 2.31. The van der Waals surface area contributed by atoms with Crippen molar-refractivity contribution in [2.45, 2.75) is 19.3 Å². The monoisotopic (exact) mass is 314 g/mol. The van der Waals surface area contributed by atoms with Crippen LogP contribution >= 0.6 is 0 Å². The van der Waals surface area contributed by atoms with Crippen LogP contribution in [0.1, 0.15) is 22.8 Å². The number of rotatable bonds is 7. The third-order valence-corrected chi connectivity index (χ3v) is 3.63. The third kappa shape index (κ3) is 5.09. The molecule has 2 amide bonds. The highest BCUT2D eigenvalue weighted by molar-refractivity contribution is 5.73. The quantitative estimate of drug-likeness (QED) is 0.735. The SMILES string of the molecule is COC(CNC(=O)NCc1ccccc1CO)c1ccccc1. The molecule has 0 aliphatic carbocycles. The summed E-state index contributed by atoms with van der Waals surface area (Å²) in [4.78, 5) is 11.9. The molecule has 5 nitrogen and oxygen atoms in total. The van der Waals surface area contributed by atoms with Crippen molar-refractivity contribution in [1.82, 2.24) is 10.6 Å². The van der Waals surface area contributed by atoms with E-state index in [1.165, 1.54) is 0 Å². The van der Waals surface area contributed by atoms with Crippen LogP contribution in [0.15, 0.2) is 54.6 Å². The minimum absolute atomic E-state index is 0.0424. The van der Waals surface area contributed by atoms with Gasteiger partial charge in [0.05, 0.1) is 12.7 Å². The van der Waals surface area contributed by atoms with Crippen LogP contribution in [-0.4, -0.2) is 24.8 Å². The average molecular weight is 314 g/mol. The number of amides is 2. The Morgan fingerprint density at radius 2 is 1.70 bits per heavy atom. The minimum Gasteiger partial charge on any atom is -0.392 e. The van der Waals surface area contributed by atoms with Gasteiger partial charge in [0.25, 0.3) is 0 Å². The zero-order valence-electron chi connectivity index (χ0n) is 13.2. The van der Waals surface area contributed by atoms with Gasteiger partial charge in [-0.05, 0) is 16.7 Å². The molecule has 23 heavy (non-hydrogen) atoms. The number of benzene rings is 2. The van der Waals surface area contributed by atoms with Crippen LogP contribution < -0.4 is 10.6 Å². The summed E-state index contributed by atoms with van der Waals surface area (Å²) < 4.78 is 5.41. The largest absolute Gasteiger partial charge is 0.392 e. The fourth-order valence-corrected chi connectivity index (χ4v) is 2.31. The van der Waals surface area contributed by atoms with Gasteiger partial charge in [-0.15, -0.1) is 0 Å². The predicted molar refractivity (Wildman–Crippen MR) is 88.8 cm³/mol. The zero-order valence-corrected chi connectivity index (χ0v) is 13.2. The van der Waals surface area contributed by atoms with Crippen LogP contribution in [0.2, 0.25) is 0 Å². The topological polar surface area (TPSA) is 70.6 Å². The maximum atomic E-state index is 11.9. The van der Waals surface area contributed by atoms with Gasteiger partial charge in [-0.1, -0.05) is 54.6 Å². The van der Waals surface area contributed by atoms with Crippen molar-refractivity contribution >= 4 is 6.03 Å². The number of aliphatic hydroxyl groups excluding tert-OH is 1. The highest BCUT2D eigenvalue weighted by atomic mass is 16.5. The molecular weight excluding hydrogens is 292 g/mol. The second kappa shape index (κ2) is 8.92. The van der Waals surface area contributed by atoms with Gasteiger partial charge < -0.3 is 20.5 Å². The van der Waals surface area contributed by atoms with Crippen LogP contribution in [0.3, 0.4) is 0 Å². The number of methoxy groups -OCH3 is 1. The van der Waals surface area contributed by atoms with E-state index in [-0.39, 0.29) is 18.7 Å². The maximum absolute atomic E-state index is 11.9. The summed E-state index contributed by atoms with van der Waals surface area (Å²) in [5.41, 5.74) is 2.73. The first-order valence-corrected chi connectivity index (χ1v) is 7.51. The second-order valence-corrected chi connectivity index (χ2v) is 5.13. The number of urea groups is 1. The molecule has 1 unspecified atom stereocenters. The Morgan fingerprint density at radius 1 is 1.04 bits per heavy atom. The maximum Gasteiger partial charge on any atom is 0.315 e. The number of ether oxygens (including phenoxy) is 1. The molecule has 0 fully saturated rings. The Balaban J connectivity index is 1.83. The normalized spacial score (nSPS) is 11.7. The molecule has 2 aromatic rings. The number of hydrogen-bond acceptors (Lipinski definition) is 3. The van der Waals surface area contributed by atoms with Gasteiger partial charge in [0.15, 0.2) is 0 Å². The Kier molecular flexibility index (Phi) is 6.59. The summed E-state index contributed by atoms with van der Waals surface area (Å²) in [5, 5.41) is 14.9. The lowest BCUT2D eigenvalue weighted by Crippen LogP contribution is -2.37. The highest BCUT2D eigenvalue weighted by Gasteiger charge is 2.11. The van der Waals surface area contributed by atoms with Gasteiger partial charge in [-0.3, -0.25) is 0 Å². The highest BCUT2D eigenvalue weighted by Crippen LogP contribution is 2.14. The molecule has 0 aliphatic heterocycles. The molecule has 2 aromatic carbocycles. The Morgan fingerprint density at radius 3 is 2.35 bits per heavy atom. The molecule has 3 N–H and O–H groups in total. The second-order valence-electron chi connectivity index (χ2n) is 5.13. The molecule has 0 aliphatic rings. The van der Waals surface area contributed by atoms with Crippen LogP contribution in [0.4, 0.5) is 4.79 Å². The van der Waals surface area contributed by atoms with Gasteiger partial charge in [0.2, 0.25) is 0 Å². The molecule has 0 radical (unpaired) electrons. The molecule has 0 saturated carbocycles. The molecular formula is C18H22N2O3. The van der Waals surface area contributed by atoms with E-state index < -0.39 is 0 Å². The van der Waals surface area contributed by atoms with E-state index in [0.717, 1.165) is 16.7 Å². The number of hydrogen-bond donors (Lipinski definition) is 3. The first-order valence-electron chi connectivity index (χ1n) is 7.51. The lowest BCUT2D eigenvalue weighted by atomic mass is 10.1. The minimum atomic E-state index is -0.268. The van der Waals surface area contributed by atoms with Gasteiger partial charge in [-0.25, -0.2) is 4.79 Å². The van der Waals surface area contributed by atoms with Crippen LogP contribution in [0, 0.1) is 0 Å². The van der Waals surface area contributed by atoms with E-state index in [4.69, 9.17) is 4.74 Å². The smallest absolute Gasteiger partial charge is 0.315 e. The number of nitrogens with one attached hydrogen (secondary N) is 2. The Bertz CT molecular complexity index is 617. The number of carbonyl (C=O) groups excluding carboxylic acids is 1. The molecule has 5 heteroatoms. The number of carbonyl (C=O) groups is 1. The van der Waals surface area contributed by atoms with Crippen LogP contribution in [0.25, 0.3) is 0 Å². The van der Waals surface area contributed by atoms with Crippen LogP contribution in [0.5, 0.6) is 0 Å². The molecule has 0 heterocycles. The van der Waals surface area contributed by atoms with E-state index in [0.29, 0.717) is 13.1 Å². The standard InChI is InChI=1S/C18H22N2O3/c1-23-17(14-7-3-2-4-8-14)12-20-18(22)19-11-15-9-5-6-10-16(15)13-21/h2-10,17,21H,11-13H2,1H3,(H2,19,20,22). The summed E-state index contributed by atoms with van der Waals surface area (Å²) in [5.74, 6) is 0. The molecule has 0 aromatic heterocycles. The van der Waals surface area contributed by atoms with E-state index in [1.807, 2.05) is 54.6 Å². The van der Waals surface area contributed by atoms with Gasteiger partial charge >= 0.3 is 6.03 Å². The van der Waals surface area contributed by atoms with Gasteiger partial charge in [-0.2, -0.15) is 0 Å². The van der Waals surface area contributed by atoms with Crippen molar-refractivity contribution in [3.63, 3.8) is 0 Å². The van der Waals surface area contributed by atoms with Crippen molar-refractivity contribution < 1.29 is 14.6 Å². The molecule has 0 spiro atoms.